The molecule has 1 N–H and O–H groups in total. The molecular formula is C14H17NO3S. The van der Waals surface area contributed by atoms with E-state index in [1.54, 1.807) is 12.1 Å². The monoisotopic (exact) mass is 279 g/mol. The first-order valence-corrected chi connectivity index (χ1v) is 8.05. The van der Waals surface area contributed by atoms with Crippen LogP contribution in [0.4, 0.5) is 5.69 Å². The second-order valence-corrected chi connectivity index (χ2v) is 6.92. The molecule has 0 aromatic heterocycles. The lowest BCUT2D eigenvalue weighted by molar-refractivity contribution is 0.384. The smallest absolute Gasteiger partial charge is 0.282 e. The number of hydrogen-bond donors (Lipinski definition) is 1. The SMILES string of the molecule is CC1=Nc2ccc(S(=O)(=O)O)cc2C12CCCCC2. The van der Waals surface area contributed by atoms with E-state index in [1.165, 1.54) is 12.5 Å². The van der Waals surface area contributed by atoms with Crippen LogP contribution in [0, 0.1) is 0 Å². The Labute approximate surface area is 113 Å². The molecule has 1 spiro atoms. The summed E-state index contributed by atoms with van der Waals surface area (Å²) in [5, 5.41) is 0. The van der Waals surface area contributed by atoms with Crippen molar-refractivity contribution >= 4 is 21.5 Å². The van der Waals surface area contributed by atoms with Crippen LogP contribution in [0.25, 0.3) is 0 Å². The standard InChI is InChI=1S/C14H17NO3S/c1-10-14(7-3-2-4-8-14)12-9-11(19(16,17)18)5-6-13(12)15-10/h5-6,9H,2-4,7-8H2,1H3,(H,16,17,18). The molecule has 3 rings (SSSR count). The molecule has 102 valence electrons. The lowest BCUT2D eigenvalue weighted by Gasteiger charge is -2.35. The van der Waals surface area contributed by atoms with Gasteiger partial charge in [0.1, 0.15) is 0 Å². The van der Waals surface area contributed by atoms with Crippen molar-refractivity contribution < 1.29 is 13.0 Å². The van der Waals surface area contributed by atoms with Crippen molar-refractivity contribution in [3.63, 3.8) is 0 Å². The zero-order valence-corrected chi connectivity index (χ0v) is 11.7. The van der Waals surface area contributed by atoms with Crippen molar-refractivity contribution in [3.8, 4) is 0 Å². The minimum absolute atomic E-state index is 0.0268. The van der Waals surface area contributed by atoms with E-state index in [1.807, 2.05) is 6.92 Å². The Morgan fingerprint density at radius 3 is 2.53 bits per heavy atom. The number of hydrogen-bond acceptors (Lipinski definition) is 3. The lowest BCUT2D eigenvalue weighted by atomic mass is 9.68. The second-order valence-electron chi connectivity index (χ2n) is 5.49. The first-order valence-electron chi connectivity index (χ1n) is 6.61. The van der Waals surface area contributed by atoms with Crippen LogP contribution >= 0.6 is 0 Å². The third-order valence-corrected chi connectivity index (χ3v) is 5.32. The molecule has 0 saturated heterocycles. The van der Waals surface area contributed by atoms with Crippen LogP contribution in [-0.2, 0) is 15.5 Å². The number of benzene rings is 1. The molecule has 0 bridgehead atoms. The van der Waals surface area contributed by atoms with Gasteiger partial charge < -0.3 is 0 Å². The quantitative estimate of drug-likeness (QED) is 0.802. The number of rotatable bonds is 1. The molecule has 1 saturated carbocycles. The average molecular weight is 279 g/mol. The van der Waals surface area contributed by atoms with Crippen LogP contribution in [0.15, 0.2) is 28.1 Å². The summed E-state index contributed by atoms with van der Waals surface area (Å²) >= 11 is 0. The second kappa shape index (κ2) is 4.15. The van der Waals surface area contributed by atoms with Gasteiger partial charge in [0.05, 0.1) is 10.6 Å². The lowest BCUT2D eigenvalue weighted by Crippen LogP contribution is -2.33. The van der Waals surface area contributed by atoms with E-state index >= 15 is 0 Å². The predicted molar refractivity (Wildman–Crippen MR) is 73.8 cm³/mol. The minimum Gasteiger partial charge on any atom is -0.282 e. The third kappa shape index (κ3) is 1.92. The Bertz CT molecular complexity index is 655. The van der Waals surface area contributed by atoms with Gasteiger partial charge in [0.2, 0.25) is 0 Å². The van der Waals surface area contributed by atoms with Crippen LogP contribution in [0.2, 0.25) is 0 Å². The van der Waals surface area contributed by atoms with Crippen LogP contribution in [-0.4, -0.2) is 18.7 Å². The van der Waals surface area contributed by atoms with Crippen molar-refractivity contribution in [2.45, 2.75) is 49.3 Å². The Morgan fingerprint density at radius 2 is 1.89 bits per heavy atom. The minimum atomic E-state index is -4.15. The van der Waals surface area contributed by atoms with Gasteiger partial charge in [0.25, 0.3) is 10.1 Å². The highest BCUT2D eigenvalue weighted by atomic mass is 32.2. The van der Waals surface area contributed by atoms with Gasteiger partial charge in [-0.3, -0.25) is 9.55 Å². The van der Waals surface area contributed by atoms with Gasteiger partial charge in [-0.1, -0.05) is 19.3 Å². The maximum Gasteiger partial charge on any atom is 0.294 e. The Morgan fingerprint density at radius 1 is 1.21 bits per heavy atom. The van der Waals surface area contributed by atoms with Crippen molar-refractivity contribution in [2.24, 2.45) is 4.99 Å². The van der Waals surface area contributed by atoms with Crippen LogP contribution < -0.4 is 0 Å². The fraction of sp³-hybridized carbons (Fsp3) is 0.500. The molecular weight excluding hydrogens is 262 g/mol. The molecule has 19 heavy (non-hydrogen) atoms. The van der Waals surface area contributed by atoms with Gasteiger partial charge in [0, 0.05) is 11.1 Å². The van der Waals surface area contributed by atoms with Crippen LogP contribution in [0.5, 0.6) is 0 Å². The molecule has 1 fully saturated rings. The molecule has 5 heteroatoms. The summed E-state index contributed by atoms with van der Waals surface area (Å²) in [5.41, 5.74) is 2.80. The normalized spacial score (nSPS) is 21.3. The first-order chi connectivity index (χ1) is 8.93. The molecule has 1 aromatic carbocycles. The van der Waals surface area contributed by atoms with E-state index in [9.17, 15) is 13.0 Å². The summed E-state index contributed by atoms with van der Waals surface area (Å²) < 4.78 is 31.8. The zero-order chi connectivity index (χ0) is 13.7. The molecule has 0 atom stereocenters. The van der Waals surface area contributed by atoms with E-state index in [0.717, 1.165) is 42.6 Å². The summed E-state index contributed by atoms with van der Waals surface area (Å²) in [6.45, 7) is 2.03. The van der Waals surface area contributed by atoms with Crippen molar-refractivity contribution in [2.75, 3.05) is 0 Å². The number of nitrogens with zero attached hydrogens (tertiary/aromatic N) is 1. The Balaban J connectivity index is 2.16. The Hall–Kier alpha value is -1.20. The molecule has 0 amide bonds. The molecule has 0 unspecified atom stereocenters. The largest absolute Gasteiger partial charge is 0.294 e. The summed E-state index contributed by atoms with van der Waals surface area (Å²) in [6, 6.07) is 4.73. The fourth-order valence-corrected chi connectivity index (χ4v) is 3.93. The summed E-state index contributed by atoms with van der Waals surface area (Å²) in [4.78, 5) is 4.57. The van der Waals surface area contributed by atoms with Gasteiger partial charge in [-0.05, 0) is 43.5 Å². The zero-order valence-electron chi connectivity index (χ0n) is 10.9. The summed E-state index contributed by atoms with van der Waals surface area (Å²) in [7, 11) is -4.15. The van der Waals surface area contributed by atoms with Gasteiger partial charge in [-0.2, -0.15) is 8.42 Å². The maximum absolute atomic E-state index is 11.3. The molecule has 2 aliphatic rings. The van der Waals surface area contributed by atoms with Crippen LogP contribution in [0.3, 0.4) is 0 Å². The maximum atomic E-state index is 11.3. The summed E-state index contributed by atoms with van der Waals surface area (Å²) in [5.74, 6) is 0. The Kier molecular flexibility index (Phi) is 2.80. The highest BCUT2D eigenvalue weighted by molar-refractivity contribution is 7.85. The number of fused-ring (bicyclic) bond motifs is 2. The highest BCUT2D eigenvalue weighted by Crippen LogP contribution is 2.49. The van der Waals surface area contributed by atoms with Gasteiger partial charge in [0.15, 0.2) is 0 Å². The average Bonchev–Trinajstić information content (AvgIpc) is 2.62. The fourth-order valence-electron chi connectivity index (χ4n) is 3.43. The van der Waals surface area contributed by atoms with Crippen molar-refractivity contribution in [1.82, 2.24) is 0 Å². The van der Waals surface area contributed by atoms with E-state index < -0.39 is 10.1 Å². The highest BCUT2D eigenvalue weighted by Gasteiger charge is 2.42. The van der Waals surface area contributed by atoms with E-state index in [2.05, 4.69) is 4.99 Å². The topological polar surface area (TPSA) is 66.7 Å². The molecule has 1 aliphatic heterocycles. The van der Waals surface area contributed by atoms with Gasteiger partial charge in [-0.15, -0.1) is 0 Å². The van der Waals surface area contributed by atoms with Gasteiger partial charge in [-0.25, -0.2) is 0 Å². The third-order valence-electron chi connectivity index (χ3n) is 4.47. The molecule has 4 nitrogen and oxygen atoms in total. The van der Waals surface area contributed by atoms with E-state index in [4.69, 9.17) is 0 Å². The summed E-state index contributed by atoms with van der Waals surface area (Å²) in [6.07, 6.45) is 5.54. The molecule has 1 heterocycles. The first kappa shape index (κ1) is 12.8. The van der Waals surface area contributed by atoms with Crippen molar-refractivity contribution in [3.05, 3.63) is 23.8 Å². The molecule has 1 aliphatic carbocycles. The molecule has 1 aromatic rings. The van der Waals surface area contributed by atoms with Crippen molar-refractivity contribution in [1.29, 1.82) is 0 Å². The number of aliphatic imine (C=N–C) groups is 1. The predicted octanol–water partition coefficient (Wildman–Crippen LogP) is 3.24. The van der Waals surface area contributed by atoms with E-state index in [0.29, 0.717) is 0 Å². The van der Waals surface area contributed by atoms with E-state index in [-0.39, 0.29) is 10.3 Å². The molecule has 0 radical (unpaired) electrons. The van der Waals surface area contributed by atoms with Crippen LogP contribution in [0.1, 0.15) is 44.6 Å². The van der Waals surface area contributed by atoms with Gasteiger partial charge >= 0.3 is 0 Å².